The first kappa shape index (κ1) is 24.4. The van der Waals surface area contributed by atoms with Gasteiger partial charge in [-0.1, -0.05) is 36.2 Å². The summed E-state index contributed by atoms with van der Waals surface area (Å²) in [5, 5.41) is 0.792. The van der Waals surface area contributed by atoms with Crippen molar-refractivity contribution in [1.82, 2.24) is 19.8 Å². The number of anilines is 2. The number of aromatic nitrogens is 2. The monoisotopic (exact) mass is 495 g/mol. The van der Waals surface area contributed by atoms with Crippen LogP contribution in [0.2, 0.25) is 10.2 Å². The molecule has 2 aliphatic heterocycles. The zero-order valence-corrected chi connectivity index (χ0v) is 20.5. The molecule has 0 bridgehead atoms. The molecule has 0 amide bonds. The van der Waals surface area contributed by atoms with E-state index >= 15 is 0 Å². The molecule has 180 valence electrons. The molecule has 4 N–H and O–H groups in total. The number of benzene rings is 1. The molecule has 1 atom stereocenters. The zero-order valence-electron chi connectivity index (χ0n) is 19.0. The van der Waals surface area contributed by atoms with Crippen molar-refractivity contribution >= 4 is 34.8 Å². The molecule has 0 radical (unpaired) electrons. The number of halogens is 3. The fourth-order valence-electron chi connectivity index (χ4n) is 5.01. The Bertz CT molecular complexity index is 968. The number of hydrogen-bond donors (Lipinski definition) is 2. The van der Waals surface area contributed by atoms with Gasteiger partial charge in [0.1, 0.15) is 11.6 Å². The highest BCUT2D eigenvalue weighted by atomic mass is 35.5. The second-order valence-electron chi connectivity index (χ2n) is 8.86. The summed E-state index contributed by atoms with van der Waals surface area (Å²) in [6, 6.07) is 5.86. The van der Waals surface area contributed by atoms with E-state index in [9.17, 15) is 4.39 Å². The van der Waals surface area contributed by atoms with Crippen LogP contribution >= 0.6 is 23.2 Å². The molecular formula is C23H32Cl2FN7. The van der Waals surface area contributed by atoms with Gasteiger partial charge in [-0.25, -0.2) is 14.4 Å². The largest absolute Gasteiger partial charge is 0.382 e. The molecule has 33 heavy (non-hydrogen) atoms. The number of hydrogen-bond acceptors (Lipinski definition) is 7. The van der Waals surface area contributed by atoms with E-state index in [1.165, 1.54) is 6.07 Å². The fourth-order valence-corrected chi connectivity index (χ4v) is 5.43. The van der Waals surface area contributed by atoms with Crippen molar-refractivity contribution in [3.05, 3.63) is 45.4 Å². The third-order valence-electron chi connectivity index (χ3n) is 6.87. The van der Waals surface area contributed by atoms with E-state index in [4.69, 9.17) is 34.7 Å². The molecule has 2 fully saturated rings. The topological polar surface area (TPSA) is 87.5 Å². The average Bonchev–Trinajstić information content (AvgIpc) is 2.82. The predicted molar refractivity (Wildman–Crippen MR) is 132 cm³/mol. The Morgan fingerprint density at radius 2 is 1.88 bits per heavy atom. The molecule has 0 aliphatic carbocycles. The zero-order chi connectivity index (χ0) is 23.5. The lowest BCUT2D eigenvalue weighted by molar-refractivity contribution is 0.0607. The minimum atomic E-state index is -0.228. The molecular weight excluding hydrogens is 464 g/mol. The highest BCUT2D eigenvalue weighted by molar-refractivity contribution is 6.31. The summed E-state index contributed by atoms with van der Waals surface area (Å²) < 4.78 is 14.2. The summed E-state index contributed by atoms with van der Waals surface area (Å²) in [5.74, 6) is 0.759. The van der Waals surface area contributed by atoms with Crippen LogP contribution in [-0.4, -0.2) is 64.6 Å². The molecule has 2 saturated heterocycles. The summed E-state index contributed by atoms with van der Waals surface area (Å²) in [6.45, 7) is 7.57. The quantitative estimate of drug-likeness (QED) is 0.633. The fraction of sp³-hybridized carbons (Fsp3) is 0.565. The van der Waals surface area contributed by atoms with E-state index in [1.807, 2.05) is 0 Å². The molecule has 3 heterocycles. The van der Waals surface area contributed by atoms with Crippen molar-refractivity contribution in [2.75, 3.05) is 43.4 Å². The Morgan fingerprint density at radius 3 is 2.55 bits per heavy atom. The van der Waals surface area contributed by atoms with E-state index in [0.717, 1.165) is 52.0 Å². The summed E-state index contributed by atoms with van der Waals surface area (Å²) in [5.41, 5.74) is 12.9. The van der Waals surface area contributed by atoms with Crippen LogP contribution in [0.3, 0.4) is 0 Å². The molecule has 0 unspecified atom stereocenters. The number of nitrogens with two attached hydrogens (primary N) is 2. The Balaban J connectivity index is 1.36. The second kappa shape index (κ2) is 10.7. The smallest absolute Gasteiger partial charge is 0.172 e. The van der Waals surface area contributed by atoms with Crippen LogP contribution in [0.1, 0.15) is 37.4 Å². The SMILES string of the molecule is CC[C@H]1CN(c2nc(N)c(CN)nc2Cl)CCN1C1CCN(Cc2ccc(Cl)cc2F)CC1. The lowest BCUT2D eigenvalue weighted by atomic mass is 9.98. The third kappa shape index (κ3) is 5.52. The predicted octanol–water partition coefficient (Wildman–Crippen LogP) is 3.53. The summed E-state index contributed by atoms with van der Waals surface area (Å²) in [4.78, 5) is 16.0. The number of likely N-dealkylation sites (tertiary alicyclic amines) is 1. The van der Waals surface area contributed by atoms with Crippen molar-refractivity contribution in [3.8, 4) is 0 Å². The third-order valence-corrected chi connectivity index (χ3v) is 7.36. The molecule has 2 aliphatic rings. The van der Waals surface area contributed by atoms with Crippen LogP contribution < -0.4 is 16.4 Å². The molecule has 2 aromatic rings. The van der Waals surface area contributed by atoms with Crippen LogP contribution in [0.25, 0.3) is 0 Å². The number of nitrogen functional groups attached to an aromatic ring is 1. The lowest BCUT2D eigenvalue weighted by Crippen LogP contribution is -2.58. The van der Waals surface area contributed by atoms with Crippen LogP contribution in [0.4, 0.5) is 16.0 Å². The molecule has 0 saturated carbocycles. The van der Waals surface area contributed by atoms with Crippen molar-refractivity contribution in [1.29, 1.82) is 0 Å². The molecule has 4 rings (SSSR count). The highest BCUT2D eigenvalue weighted by Crippen LogP contribution is 2.30. The van der Waals surface area contributed by atoms with Gasteiger partial charge in [0.25, 0.3) is 0 Å². The Morgan fingerprint density at radius 1 is 1.12 bits per heavy atom. The van der Waals surface area contributed by atoms with Gasteiger partial charge in [-0.15, -0.1) is 0 Å². The first-order valence-electron chi connectivity index (χ1n) is 11.6. The van der Waals surface area contributed by atoms with E-state index in [2.05, 4.69) is 31.6 Å². The number of piperazine rings is 1. The summed E-state index contributed by atoms with van der Waals surface area (Å²) in [6.07, 6.45) is 3.18. The maximum absolute atomic E-state index is 14.2. The number of piperidine rings is 1. The van der Waals surface area contributed by atoms with Gasteiger partial charge in [-0.2, -0.15) is 0 Å². The highest BCUT2D eigenvalue weighted by Gasteiger charge is 2.34. The Labute approximate surface area is 204 Å². The van der Waals surface area contributed by atoms with Crippen molar-refractivity contribution in [2.24, 2.45) is 5.73 Å². The van der Waals surface area contributed by atoms with Crippen LogP contribution in [-0.2, 0) is 13.1 Å². The van der Waals surface area contributed by atoms with E-state index in [0.29, 0.717) is 51.7 Å². The van der Waals surface area contributed by atoms with E-state index in [-0.39, 0.29) is 12.4 Å². The molecule has 7 nitrogen and oxygen atoms in total. The molecule has 10 heteroatoms. The number of nitrogens with zero attached hydrogens (tertiary/aromatic N) is 5. The summed E-state index contributed by atoms with van der Waals surface area (Å²) >= 11 is 12.3. The van der Waals surface area contributed by atoms with Crippen molar-refractivity contribution in [2.45, 2.75) is 51.4 Å². The maximum atomic E-state index is 14.2. The first-order valence-corrected chi connectivity index (χ1v) is 12.3. The normalized spacial score (nSPS) is 21.0. The molecule has 0 spiro atoms. The van der Waals surface area contributed by atoms with Crippen molar-refractivity contribution in [3.63, 3.8) is 0 Å². The van der Waals surface area contributed by atoms with Gasteiger partial charge in [0.05, 0.1) is 5.69 Å². The van der Waals surface area contributed by atoms with Gasteiger partial charge in [0.2, 0.25) is 0 Å². The van der Waals surface area contributed by atoms with E-state index in [1.54, 1.807) is 12.1 Å². The molecule has 1 aromatic carbocycles. The average molecular weight is 496 g/mol. The minimum Gasteiger partial charge on any atom is -0.382 e. The first-order chi connectivity index (χ1) is 15.9. The van der Waals surface area contributed by atoms with Gasteiger partial charge in [0.15, 0.2) is 11.0 Å². The van der Waals surface area contributed by atoms with Crippen LogP contribution in [0, 0.1) is 5.82 Å². The maximum Gasteiger partial charge on any atom is 0.172 e. The minimum absolute atomic E-state index is 0.216. The van der Waals surface area contributed by atoms with Gasteiger partial charge in [-0.05, 0) is 44.5 Å². The van der Waals surface area contributed by atoms with Gasteiger partial charge < -0.3 is 16.4 Å². The van der Waals surface area contributed by atoms with Gasteiger partial charge in [0, 0.05) is 55.4 Å². The lowest BCUT2D eigenvalue weighted by Gasteiger charge is -2.47. The van der Waals surface area contributed by atoms with Gasteiger partial charge in [-0.3, -0.25) is 9.80 Å². The second-order valence-corrected chi connectivity index (χ2v) is 9.66. The van der Waals surface area contributed by atoms with E-state index < -0.39 is 0 Å². The Hall–Kier alpha value is -1.71. The standard InChI is InChI=1S/C23H32Cl2FN7/c1-2-17-14-32(23-21(25)29-20(12-27)22(28)30-23)9-10-33(17)18-5-7-31(8-6-18)13-15-3-4-16(24)11-19(15)26/h3-4,11,17-18H,2,5-10,12-14,27H2,1H3,(H2,28,30)/t17-/m0/s1. The van der Waals surface area contributed by atoms with Crippen LogP contribution in [0.5, 0.6) is 0 Å². The van der Waals surface area contributed by atoms with Crippen LogP contribution in [0.15, 0.2) is 18.2 Å². The van der Waals surface area contributed by atoms with Gasteiger partial charge >= 0.3 is 0 Å². The number of rotatable bonds is 6. The van der Waals surface area contributed by atoms with Crippen molar-refractivity contribution < 1.29 is 4.39 Å². The molecule has 1 aromatic heterocycles. The summed E-state index contributed by atoms with van der Waals surface area (Å²) in [7, 11) is 0. The Kier molecular flexibility index (Phi) is 7.91.